The highest BCUT2D eigenvalue weighted by atomic mass is 35.5. The van der Waals surface area contributed by atoms with Crippen LogP contribution in [0.4, 0.5) is 0 Å². The summed E-state index contributed by atoms with van der Waals surface area (Å²) in [6.07, 6.45) is 0. The third-order valence-electron chi connectivity index (χ3n) is 3.34. The third kappa shape index (κ3) is 5.08. The second-order valence-corrected chi connectivity index (χ2v) is 7.10. The fourth-order valence-electron chi connectivity index (χ4n) is 2.45. The molecule has 0 fully saturated rings. The van der Waals surface area contributed by atoms with Crippen molar-refractivity contribution in [2.24, 2.45) is 5.41 Å². The van der Waals surface area contributed by atoms with Crippen LogP contribution in [0.15, 0.2) is 34.9 Å². The van der Waals surface area contributed by atoms with E-state index in [1.165, 1.54) is 0 Å². The quantitative estimate of drug-likeness (QED) is 0.879. The molecular formula is C17H22ClN3O2. The van der Waals surface area contributed by atoms with Gasteiger partial charge in [-0.25, -0.2) is 0 Å². The molecule has 0 saturated carbocycles. The number of amides is 1. The first-order chi connectivity index (χ1) is 10.8. The predicted octanol–water partition coefficient (Wildman–Crippen LogP) is 3.31. The number of rotatable bonds is 6. The summed E-state index contributed by atoms with van der Waals surface area (Å²) in [5.74, 6) is 0.306. The Morgan fingerprint density at radius 2 is 1.96 bits per heavy atom. The standard InChI is InChI=1S/C17H22ClN3O2/c1-17(2,11-21(3)4)10-19-16(22)14-9-15(23-20-14)12-5-7-13(18)8-6-12/h5-9H,10-11H2,1-4H3,(H,19,22). The van der Waals surface area contributed by atoms with E-state index >= 15 is 0 Å². The smallest absolute Gasteiger partial charge is 0.273 e. The number of hydrogen-bond acceptors (Lipinski definition) is 4. The molecule has 1 N–H and O–H groups in total. The van der Waals surface area contributed by atoms with E-state index in [0.29, 0.717) is 17.3 Å². The summed E-state index contributed by atoms with van der Waals surface area (Å²) < 4.78 is 5.25. The zero-order valence-electron chi connectivity index (χ0n) is 13.9. The molecule has 6 heteroatoms. The number of hydrogen-bond donors (Lipinski definition) is 1. The molecule has 124 valence electrons. The van der Waals surface area contributed by atoms with Crippen LogP contribution in [0.5, 0.6) is 0 Å². The average Bonchev–Trinajstić information content (AvgIpc) is 2.94. The number of halogens is 1. The minimum atomic E-state index is -0.235. The first kappa shape index (κ1) is 17.5. The van der Waals surface area contributed by atoms with E-state index in [1.807, 2.05) is 26.2 Å². The number of nitrogens with zero attached hydrogens (tertiary/aromatic N) is 2. The highest BCUT2D eigenvalue weighted by molar-refractivity contribution is 6.30. The summed E-state index contributed by atoms with van der Waals surface area (Å²) in [7, 11) is 4.03. The first-order valence-corrected chi connectivity index (χ1v) is 7.80. The highest BCUT2D eigenvalue weighted by Gasteiger charge is 2.21. The van der Waals surface area contributed by atoms with Gasteiger partial charge in [-0.05, 0) is 43.8 Å². The van der Waals surface area contributed by atoms with Crippen LogP contribution in [0.1, 0.15) is 24.3 Å². The Morgan fingerprint density at radius 1 is 1.30 bits per heavy atom. The average molecular weight is 336 g/mol. The number of carbonyl (C=O) groups is 1. The van der Waals surface area contributed by atoms with E-state index in [0.717, 1.165) is 12.1 Å². The fourth-order valence-corrected chi connectivity index (χ4v) is 2.58. The van der Waals surface area contributed by atoms with Gasteiger partial charge >= 0.3 is 0 Å². The van der Waals surface area contributed by atoms with Crippen LogP contribution in [0.2, 0.25) is 5.02 Å². The Kier molecular flexibility index (Phi) is 5.44. The van der Waals surface area contributed by atoms with Crippen LogP contribution in [-0.2, 0) is 0 Å². The predicted molar refractivity (Wildman–Crippen MR) is 91.6 cm³/mol. The van der Waals surface area contributed by atoms with E-state index < -0.39 is 0 Å². The summed E-state index contributed by atoms with van der Waals surface area (Å²) >= 11 is 5.86. The summed E-state index contributed by atoms with van der Waals surface area (Å²) in [5.41, 5.74) is 1.08. The molecule has 0 aliphatic carbocycles. The maximum absolute atomic E-state index is 12.2. The fraction of sp³-hybridized carbons (Fsp3) is 0.412. The van der Waals surface area contributed by atoms with Crippen LogP contribution in [0.3, 0.4) is 0 Å². The highest BCUT2D eigenvalue weighted by Crippen LogP contribution is 2.22. The Labute approximate surface area is 141 Å². The van der Waals surface area contributed by atoms with Crippen molar-refractivity contribution in [3.63, 3.8) is 0 Å². The third-order valence-corrected chi connectivity index (χ3v) is 3.60. The summed E-state index contributed by atoms with van der Waals surface area (Å²) in [4.78, 5) is 14.3. The van der Waals surface area contributed by atoms with Crippen LogP contribution in [-0.4, -0.2) is 43.1 Å². The topological polar surface area (TPSA) is 58.4 Å². The molecular weight excluding hydrogens is 314 g/mol. The van der Waals surface area contributed by atoms with Gasteiger partial charge in [0.1, 0.15) is 0 Å². The lowest BCUT2D eigenvalue weighted by molar-refractivity contribution is 0.0920. The van der Waals surface area contributed by atoms with E-state index in [2.05, 4.69) is 29.2 Å². The number of nitrogens with one attached hydrogen (secondary N) is 1. The summed E-state index contributed by atoms with van der Waals surface area (Å²) in [6, 6.07) is 8.82. The molecule has 23 heavy (non-hydrogen) atoms. The molecule has 5 nitrogen and oxygen atoms in total. The molecule has 0 atom stereocenters. The van der Waals surface area contributed by atoms with Crippen molar-refractivity contribution in [3.05, 3.63) is 41.0 Å². The Morgan fingerprint density at radius 3 is 2.57 bits per heavy atom. The maximum Gasteiger partial charge on any atom is 0.273 e. The van der Waals surface area contributed by atoms with Gasteiger partial charge < -0.3 is 14.7 Å². The summed E-state index contributed by atoms with van der Waals surface area (Å²) in [5, 5.41) is 7.40. The molecule has 1 heterocycles. The van der Waals surface area contributed by atoms with Crippen LogP contribution in [0, 0.1) is 5.41 Å². The van der Waals surface area contributed by atoms with Gasteiger partial charge in [0, 0.05) is 29.7 Å². The van der Waals surface area contributed by atoms with Gasteiger partial charge in [-0.2, -0.15) is 0 Å². The molecule has 0 saturated heterocycles. The van der Waals surface area contributed by atoms with Gasteiger partial charge in [-0.1, -0.05) is 30.6 Å². The Hall–Kier alpha value is -1.85. The van der Waals surface area contributed by atoms with Gasteiger partial charge in [0.25, 0.3) is 5.91 Å². The lowest BCUT2D eigenvalue weighted by Gasteiger charge is -2.28. The van der Waals surface area contributed by atoms with Crippen molar-refractivity contribution in [3.8, 4) is 11.3 Å². The lowest BCUT2D eigenvalue weighted by Crippen LogP contribution is -2.40. The SMILES string of the molecule is CN(C)CC(C)(C)CNC(=O)c1cc(-c2ccc(Cl)cc2)on1. The van der Waals surface area contributed by atoms with Crippen LogP contribution < -0.4 is 5.32 Å². The molecule has 0 spiro atoms. The number of carbonyl (C=O) groups excluding carboxylic acids is 1. The van der Waals surface area contributed by atoms with Gasteiger partial charge in [0.05, 0.1) is 0 Å². The van der Waals surface area contributed by atoms with Crippen molar-refractivity contribution in [1.29, 1.82) is 0 Å². The minimum Gasteiger partial charge on any atom is -0.355 e. The Balaban J connectivity index is 2.00. The van der Waals surface area contributed by atoms with Gasteiger partial charge in [0.15, 0.2) is 11.5 Å². The van der Waals surface area contributed by atoms with E-state index in [9.17, 15) is 4.79 Å². The lowest BCUT2D eigenvalue weighted by atomic mass is 9.93. The van der Waals surface area contributed by atoms with E-state index in [1.54, 1.807) is 18.2 Å². The van der Waals surface area contributed by atoms with Crippen molar-refractivity contribution in [2.75, 3.05) is 27.2 Å². The second kappa shape index (κ2) is 7.15. The van der Waals surface area contributed by atoms with Gasteiger partial charge in [-0.15, -0.1) is 0 Å². The van der Waals surface area contributed by atoms with Crippen molar-refractivity contribution in [1.82, 2.24) is 15.4 Å². The molecule has 0 radical (unpaired) electrons. The molecule has 0 bridgehead atoms. The van der Waals surface area contributed by atoms with E-state index in [4.69, 9.17) is 16.1 Å². The molecule has 2 aromatic rings. The zero-order valence-corrected chi connectivity index (χ0v) is 14.6. The molecule has 1 aromatic carbocycles. The zero-order chi connectivity index (χ0) is 17.0. The molecule has 1 aromatic heterocycles. The van der Waals surface area contributed by atoms with Crippen molar-refractivity contribution >= 4 is 17.5 Å². The van der Waals surface area contributed by atoms with Crippen molar-refractivity contribution < 1.29 is 9.32 Å². The maximum atomic E-state index is 12.2. The second-order valence-electron chi connectivity index (χ2n) is 6.67. The minimum absolute atomic E-state index is 0.0259. The van der Waals surface area contributed by atoms with Gasteiger partial charge in [0.2, 0.25) is 0 Å². The summed E-state index contributed by atoms with van der Waals surface area (Å²) in [6.45, 7) is 5.65. The number of benzene rings is 1. The largest absolute Gasteiger partial charge is 0.355 e. The van der Waals surface area contributed by atoms with Crippen LogP contribution >= 0.6 is 11.6 Å². The first-order valence-electron chi connectivity index (χ1n) is 7.42. The monoisotopic (exact) mass is 335 g/mol. The molecule has 0 aliphatic rings. The molecule has 0 aliphatic heterocycles. The molecule has 2 rings (SSSR count). The number of aromatic nitrogens is 1. The van der Waals surface area contributed by atoms with E-state index in [-0.39, 0.29) is 17.0 Å². The Bertz CT molecular complexity index is 663. The molecule has 0 unspecified atom stereocenters. The normalized spacial score (nSPS) is 11.7. The molecule has 1 amide bonds. The van der Waals surface area contributed by atoms with Crippen LogP contribution in [0.25, 0.3) is 11.3 Å². The van der Waals surface area contributed by atoms with Crippen molar-refractivity contribution in [2.45, 2.75) is 13.8 Å². The van der Waals surface area contributed by atoms with Gasteiger partial charge in [-0.3, -0.25) is 4.79 Å².